The molecular weight excluding hydrogens is 309 g/mol. The molecule has 104 valence electrons. The molecule has 1 aliphatic rings. The minimum atomic E-state index is -0.384. The second kappa shape index (κ2) is 6.51. The van der Waals surface area contributed by atoms with Gasteiger partial charge in [0.2, 0.25) is 0 Å². The van der Waals surface area contributed by atoms with Crippen molar-refractivity contribution in [2.75, 3.05) is 11.9 Å². The van der Waals surface area contributed by atoms with Crippen molar-refractivity contribution in [3.63, 3.8) is 0 Å². The molecule has 4 heteroatoms. The lowest BCUT2D eigenvalue weighted by Gasteiger charge is -2.28. The summed E-state index contributed by atoms with van der Waals surface area (Å²) < 4.78 is 14.1. The Bertz CT molecular complexity index is 457. The summed E-state index contributed by atoms with van der Waals surface area (Å²) >= 11 is 3.38. The van der Waals surface area contributed by atoms with Gasteiger partial charge in [-0.1, -0.05) is 40.9 Å². The first kappa shape index (κ1) is 14.5. The maximum atomic E-state index is 14.1. The summed E-state index contributed by atoms with van der Waals surface area (Å²) in [4.78, 5) is 14.4. The van der Waals surface area contributed by atoms with Crippen LogP contribution in [0.5, 0.6) is 0 Å². The van der Waals surface area contributed by atoms with Crippen LogP contribution in [0.2, 0.25) is 0 Å². The van der Waals surface area contributed by atoms with Crippen LogP contribution in [-0.2, 0) is 0 Å². The third kappa shape index (κ3) is 3.16. The Morgan fingerprint density at radius 2 is 2.11 bits per heavy atom. The number of alkyl halides is 1. The second-order valence-corrected chi connectivity index (χ2v) is 5.86. The minimum Gasteiger partial charge on any atom is -0.335 e. The smallest absolute Gasteiger partial charge is 0.257 e. The summed E-state index contributed by atoms with van der Waals surface area (Å²) in [5.74, 6) is -0.558. The Balaban J connectivity index is 2.25. The number of rotatable bonds is 4. The molecule has 0 heterocycles. The van der Waals surface area contributed by atoms with E-state index < -0.39 is 0 Å². The molecule has 2 nitrogen and oxygen atoms in total. The van der Waals surface area contributed by atoms with Crippen molar-refractivity contribution in [3.05, 3.63) is 35.1 Å². The number of hydrogen-bond donors (Lipinski definition) is 0. The average Bonchev–Trinajstić information content (AvgIpc) is 2.92. The fraction of sp³-hybridized carbons (Fsp3) is 0.533. The van der Waals surface area contributed by atoms with E-state index in [2.05, 4.69) is 15.9 Å². The first-order valence-electron chi connectivity index (χ1n) is 6.77. The highest BCUT2D eigenvalue weighted by atomic mass is 79.9. The molecular formula is C15H19BrFNO. The number of carbonyl (C=O) groups is 1. The number of amides is 1. The number of halogens is 2. The number of carbonyl (C=O) groups excluding carboxylic acids is 1. The molecule has 0 spiro atoms. The highest BCUT2D eigenvalue weighted by Gasteiger charge is 2.28. The van der Waals surface area contributed by atoms with E-state index in [1.54, 1.807) is 25.1 Å². The quantitative estimate of drug-likeness (QED) is 0.768. The van der Waals surface area contributed by atoms with Crippen molar-refractivity contribution in [3.8, 4) is 0 Å². The molecule has 0 aromatic heterocycles. The van der Waals surface area contributed by atoms with Crippen LogP contribution >= 0.6 is 15.9 Å². The van der Waals surface area contributed by atoms with E-state index in [1.807, 2.05) is 4.90 Å². The van der Waals surface area contributed by atoms with Gasteiger partial charge in [-0.3, -0.25) is 4.79 Å². The van der Waals surface area contributed by atoms with Gasteiger partial charge >= 0.3 is 0 Å². The average molecular weight is 328 g/mol. The second-order valence-electron chi connectivity index (χ2n) is 5.06. The monoisotopic (exact) mass is 327 g/mol. The molecule has 0 bridgehead atoms. The van der Waals surface area contributed by atoms with Gasteiger partial charge in [-0.15, -0.1) is 0 Å². The lowest BCUT2D eigenvalue weighted by molar-refractivity contribution is 0.0691. The Labute approximate surface area is 122 Å². The van der Waals surface area contributed by atoms with Gasteiger partial charge in [-0.05, 0) is 31.4 Å². The molecule has 1 fully saturated rings. The Morgan fingerprint density at radius 1 is 1.42 bits per heavy atom. The molecule has 0 N–H and O–H groups in total. The fourth-order valence-corrected chi connectivity index (χ4v) is 3.11. The Hall–Kier alpha value is -0.900. The summed E-state index contributed by atoms with van der Waals surface area (Å²) in [5.41, 5.74) is 0.726. The molecule has 1 saturated carbocycles. The molecule has 0 radical (unpaired) electrons. The number of benzene rings is 1. The minimum absolute atomic E-state index is 0.174. The van der Waals surface area contributed by atoms with Crippen molar-refractivity contribution < 1.29 is 9.18 Å². The lowest BCUT2D eigenvalue weighted by Crippen LogP contribution is -2.40. The van der Waals surface area contributed by atoms with Gasteiger partial charge in [0, 0.05) is 17.9 Å². The SMILES string of the molecule is Cc1cccc(C(=O)N(CCBr)C2CCCC2)c1F. The van der Waals surface area contributed by atoms with E-state index in [4.69, 9.17) is 0 Å². The molecule has 0 unspecified atom stereocenters. The van der Waals surface area contributed by atoms with Gasteiger partial charge < -0.3 is 4.90 Å². The van der Waals surface area contributed by atoms with Gasteiger partial charge in [0.1, 0.15) is 5.82 Å². The summed E-state index contributed by atoms with van der Waals surface area (Å²) in [6.07, 6.45) is 4.39. The van der Waals surface area contributed by atoms with Crippen LogP contribution in [0.3, 0.4) is 0 Å². The van der Waals surface area contributed by atoms with Crippen molar-refractivity contribution in [1.29, 1.82) is 0 Å². The Morgan fingerprint density at radius 3 is 2.74 bits per heavy atom. The van der Waals surface area contributed by atoms with Crippen LogP contribution in [-0.4, -0.2) is 28.7 Å². The summed E-state index contributed by atoms with van der Waals surface area (Å²) in [6.45, 7) is 2.33. The van der Waals surface area contributed by atoms with E-state index in [-0.39, 0.29) is 23.3 Å². The summed E-state index contributed by atoms with van der Waals surface area (Å²) in [7, 11) is 0. The van der Waals surface area contributed by atoms with E-state index in [0.717, 1.165) is 31.0 Å². The number of aryl methyl sites for hydroxylation is 1. The van der Waals surface area contributed by atoms with E-state index in [9.17, 15) is 9.18 Å². The topological polar surface area (TPSA) is 20.3 Å². The van der Waals surface area contributed by atoms with Gasteiger partial charge in [0.05, 0.1) is 5.56 Å². The van der Waals surface area contributed by atoms with E-state index >= 15 is 0 Å². The fourth-order valence-electron chi connectivity index (χ4n) is 2.72. The van der Waals surface area contributed by atoms with Crippen LogP contribution in [0.4, 0.5) is 4.39 Å². The lowest BCUT2D eigenvalue weighted by atomic mass is 10.1. The Kier molecular flexibility index (Phi) is 4.97. The molecule has 0 aliphatic heterocycles. The van der Waals surface area contributed by atoms with Gasteiger partial charge in [-0.25, -0.2) is 4.39 Å². The first-order valence-corrected chi connectivity index (χ1v) is 7.89. The summed E-state index contributed by atoms with van der Waals surface area (Å²) in [5, 5.41) is 0.725. The molecule has 1 amide bonds. The number of nitrogens with zero attached hydrogens (tertiary/aromatic N) is 1. The standard InChI is InChI=1S/C15H19BrFNO/c1-11-5-4-8-13(14(11)17)15(19)18(10-9-16)12-6-2-3-7-12/h4-5,8,12H,2-3,6-7,9-10H2,1H3. The molecule has 1 aromatic carbocycles. The van der Waals surface area contributed by atoms with Crippen LogP contribution in [0.15, 0.2) is 18.2 Å². The third-order valence-corrected chi connectivity index (χ3v) is 4.13. The van der Waals surface area contributed by atoms with Gasteiger partial charge in [0.25, 0.3) is 5.91 Å². The maximum Gasteiger partial charge on any atom is 0.257 e. The molecule has 0 atom stereocenters. The van der Waals surface area contributed by atoms with Crippen LogP contribution in [0.25, 0.3) is 0 Å². The zero-order chi connectivity index (χ0) is 13.8. The first-order chi connectivity index (χ1) is 9.15. The van der Waals surface area contributed by atoms with Gasteiger partial charge in [0.15, 0.2) is 0 Å². The molecule has 1 aliphatic carbocycles. The predicted octanol–water partition coefficient (Wildman–Crippen LogP) is 3.91. The molecule has 1 aromatic rings. The zero-order valence-electron chi connectivity index (χ0n) is 11.2. The highest BCUT2D eigenvalue weighted by Crippen LogP contribution is 2.26. The molecule has 2 rings (SSSR count). The normalized spacial score (nSPS) is 15.7. The predicted molar refractivity (Wildman–Crippen MR) is 78.2 cm³/mol. The van der Waals surface area contributed by atoms with Crippen LogP contribution < -0.4 is 0 Å². The largest absolute Gasteiger partial charge is 0.335 e. The molecule has 0 saturated heterocycles. The maximum absolute atomic E-state index is 14.1. The van der Waals surface area contributed by atoms with Crippen molar-refractivity contribution in [1.82, 2.24) is 4.90 Å². The van der Waals surface area contributed by atoms with E-state index in [0.29, 0.717) is 12.1 Å². The van der Waals surface area contributed by atoms with Crippen LogP contribution in [0, 0.1) is 12.7 Å². The highest BCUT2D eigenvalue weighted by molar-refractivity contribution is 9.09. The van der Waals surface area contributed by atoms with Crippen molar-refractivity contribution in [2.24, 2.45) is 0 Å². The zero-order valence-corrected chi connectivity index (χ0v) is 12.7. The number of hydrogen-bond acceptors (Lipinski definition) is 1. The van der Waals surface area contributed by atoms with E-state index in [1.165, 1.54) is 0 Å². The molecule has 19 heavy (non-hydrogen) atoms. The van der Waals surface area contributed by atoms with Crippen molar-refractivity contribution >= 4 is 21.8 Å². The van der Waals surface area contributed by atoms with Crippen LogP contribution in [0.1, 0.15) is 41.6 Å². The van der Waals surface area contributed by atoms with Gasteiger partial charge in [-0.2, -0.15) is 0 Å². The third-order valence-electron chi connectivity index (χ3n) is 3.77. The van der Waals surface area contributed by atoms with Crippen molar-refractivity contribution in [2.45, 2.75) is 38.6 Å². The summed E-state index contributed by atoms with van der Waals surface area (Å²) in [6, 6.07) is 5.29.